The lowest BCUT2D eigenvalue weighted by Crippen LogP contribution is -2.48. The number of rotatable bonds is 11. The average Bonchev–Trinajstić information content (AvgIpc) is 2.75. The van der Waals surface area contributed by atoms with Crippen molar-refractivity contribution in [2.24, 2.45) is 17.8 Å². The number of ether oxygens (including phenoxy) is 1. The van der Waals surface area contributed by atoms with Gasteiger partial charge >= 0.3 is 5.97 Å². The summed E-state index contributed by atoms with van der Waals surface area (Å²) in [5.74, 6) is -0.0337. The van der Waals surface area contributed by atoms with Gasteiger partial charge in [-0.25, -0.2) is 0 Å². The molecular formula is C26H38N2O5. The van der Waals surface area contributed by atoms with Crippen LogP contribution in [0.4, 0.5) is 0 Å². The van der Waals surface area contributed by atoms with Crippen molar-refractivity contribution in [1.29, 1.82) is 0 Å². The number of carbonyl (C=O) groups is 4. The summed E-state index contributed by atoms with van der Waals surface area (Å²) in [7, 11) is 0. The Kier molecular flexibility index (Phi) is 10.6. The highest BCUT2D eigenvalue weighted by molar-refractivity contribution is 5.91. The number of ketones is 1. The molecule has 33 heavy (non-hydrogen) atoms. The van der Waals surface area contributed by atoms with Gasteiger partial charge in [-0.2, -0.15) is 0 Å². The molecule has 0 aromatic heterocycles. The van der Waals surface area contributed by atoms with Gasteiger partial charge in [-0.05, 0) is 36.2 Å². The van der Waals surface area contributed by atoms with Gasteiger partial charge in [-0.1, -0.05) is 57.5 Å². The summed E-state index contributed by atoms with van der Waals surface area (Å²) in [5.41, 5.74) is 0.900. The van der Waals surface area contributed by atoms with Crippen LogP contribution in [0.25, 0.3) is 0 Å². The van der Waals surface area contributed by atoms with E-state index >= 15 is 0 Å². The van der Waals surface area contributed by atoms with Crippen molar-refractivity contribution in [3.05, 3.63) is 35.9 Å². The van der Waals surface area contributed by atoms with Crippen molar-refractivity contribution < 1.29 is 23.9 Å². The molecule has 2 amide bonds. The molecule has 182 valence electrons. The molecule has 0 spiro atoms. The molecular weight excluding hydrogens is 420 g/mol. The van der Waals surface area contributed by atoms with E-state index < -0.39 is 11.9 Å². The van der Waals surface area contributed by atoms with Crippen molar-refractivity contribution in [2.45, 2.75) is 78.4 Å². The third kappa shape index (κ3) is 9.36. The number of carbonyl (C=O) groups excluding carboxylic acids is 4. The summed E-state index contributed by atoms with van der Waals surface area (Å²) in [4.78, 5) is 48.7. The maximum atomic E-state index is 12.5. The second-order valence-corrected chi connectivity index (χ2v) is 9.55. The molecule has 0 bridgehead atoms. The third-order valence-corrected chi connectivity index (χ3v) is 6.29. The molecule has 7 heteroatoms. The summed E-state index contributed by atoms with van der Waals surface area (Å²) < 4.78 is 5.73. The van der Waals surface area contributed by atoms with Gasteiger partial charge in [0.1, 0.15) is 12.1 Å². The fraction of sp³-hybridized carbons (Fsp3) is 0.615. The van der Waals surface area contributed by atoms with Gasteiger partial charge in [0, 0.05) is 19.8 Å². The summed E-state index contributed by atoms with van der Waals surface area (Å²) in [6.07, 6.45) is 3.32. The Morgan fingerprint density at radius 2 is 1.76 bits per heavy atom. The molecule has 1 aromatic rings. The molecule has 0 radical (unpaired) electrons. The summed E-state index contributed by atoms with van der Waals surface area (Å²) in [6, 6.07) is 8.56. The lowest BCUT2D eigenvalue weighted by Gasteiger charge is -2.36. The van der Waals surface area contributed by atoms with Crippen LogP contribution in [-0.2, 0) is 30.3 Å². The fourth-order valence-electron chi connectivity index (χ4n) is 4.42. The largest absolute Gasteiger partial charge is 0.462 e. The first kappa shape index (κ1) is 26.6. The second-order valence-electron chi connectivity index (χ2n) is 9.55. The predicted octanol–water partition coefficient (Wildman–Crippen LogP) is 3.20. The van der Waals surface area contributed by atoms with Crippen LogP contribution < -0.4 is 10.6 Å². The standard InChI is InChI=1S/C26H38N2O5/c1-17(2)22-12-10-18(3)14-24(22)33-25(31)13-11-21(30)16-27-26(32)23(28-19(4)29)15-20-8-6-5-7-9-20/h5-9,17-18,22-24H,10-16H2,1-4H3,(H,27,32)(H,28,29)/t18-,22?,23+,24-/m1/s1. The summed E-state index contributed by atoms with van der Waals surface area (Å²) >= 11 is 0. The molecule has 0 saturated heterocycles. The van der Waals surface area contributed by atoms with Gasteiger partial charge in [-0.3, -0.25) is 19.2 Å². The minimum atomic E-state index is -0.774. The van der Waals surface area contributed by atoms with Crippen LogP contribution in [0, 0.1) is 17.8 Å². The third-order valence-electron chi connectivity index (χ3n) is 6.29. The molecule has 0 aliphatic heterocycles. The Bertz CT molecular complexity index is 808. The average molecular weight is 459 g/mol. The highest BCUT2D eigenvalue weighted by Gasteiger charge is 2.33. The Hall–Kier alpha value is -2.70. The molecule has 1 unspecified atom stereocenters. The number of nitrogens with one attached hydrogen (secondary N) is 2. The first-order valence-corrected chi connectivity index (χ1v) is 12.0. The molecule has 0 heterocycles. The second kappa shape index (κ2) is 13.1. The first-order valence-electron chi connectivity index (χ1n) is 12.0. The number of esters is 1. The minimum Gasteiger partial charge on any atom is -0.462 e. The van der Waals surface area contributed by atoms with E-state index in [1.54, 1.807) is 0 Å². The van der Waals surface area contributed by atoms with Crippen molar-refractivity contribution in [1.82, 2.24) is 10.6 Å². The van der Waals surface area contributed by atoms with Crippen molar-refractivity contribution in [3.63, 3.8) is 0 Å². The van der Waals surface area contributed by atoms with Crippen LogP contribution in [0.5, 0.6) is 0 Å². The summed E-state index contributed by atoms with van der Waals surface area (Å²) in [6.45, 7) is 7.64. The molecule has 7 nitrogen and oxygen atoms in total. The quantitative estimate of drug-likeness (QED) is 0.496. The lowest BCUT2D eigenvalue weighted by molar-refractivity contribution is -0.156. The Balaban J connectivity index is 1.78. The van der Waals surface area contributed by atoms with Crippen molar-refractivity contribution in [3.8, 4) is 0 Å². The number of hydrogen-bond acceptors (Lipinski definition) is 5. The molecule has 1 fully saturated rings. The van der Waals surface area contributed by atoms with Crippen molar-refractivity contribution >= 4 is 23.6 Å². The van der Waals surface area contributed by atoms with E-state index in [4.69, 9.17) is 4.74 Å². The molecule has 1 aromatic carbocycles. The highest BCUT2D eigenvalue weighted by Crippen LogP contribution is 2.35. The predicted molar refractivity (Wildman–Crippen MR) is 126 cm³/mol. The van der Waals surface area contributed by atoms with Crippen molar-refractivity contribution in [2.75, 3.05) is 6.54 Å². The minimum absolute atomic E-state index is 0.00351. The molecule has 1 saturated carbocycles. The molecule has 2 rings (SSSR count). The number of benzene rings is 1. The Morgan fingerprint density at radius 3 is 2.39 bits per heavy atom. The molecule has 1 aliphatic rings. The Morgan fingerprint density at radius 1 is 1.06 bits per heavy atom. The van der Waals surface area contributed by atoms with Gasteiger partial charge in [-0.15, -0.1) is 0 Å². The van der Waals surface area contributed by atoms with Gasteiger partial charge in [0.2, 0.25) is 11.8 Å². The van der Waals surface area contributed by atoms with E-state index in [0.29, 0.717) is 24.2 Å². The number of hydrogen-bond donors (Lipinski definition) is 2. The van der Waals surface area contributed by atoms with Crippen LogP contribution in [0.15, 0.2) is 30.3 Å². The van der Waals surface area contributed by atoms with Crippen LogP contribution in [-0.4, -0.2) is 42.3 Å². The first-order chi connectivity index (χ1) is 15.7. The molecule has 1 aliphatic carbocycles. The van der Waals surface area contributed by atoms with Gasteiger partial charge in [0.15, 0.2) is 5.78 Å². The van der Waals surface area contributed by atoms with Gasteiger partial charge < -0.3 is 15.4 Å². The zero-order valence-electron chi connectivity index (χ0n) is 20.3. The van der Waals surface area contributed by atoms with Gasteiger partial charge in [0.25, 0.3) is 0 Å². The summed E-state index contributed by atoms with van der Waals surface area (Å²) in [5, 5.41) is 5.21. The van der Waals surface area contributed by atoms with E-state index in [1.807, 2.05) is 30.3 Å². The lowest BCUT2D eigenvalue weighted by atomic mass is 9.75. The molecule has 2 N–H and O–H groups in total. The van der Waals surface area contributed by atoms with Crippen LogP contribution in [0.2, 0.25) is 0 Å². The number of Topliss-reactive ketones (excluding diaryl/α,β-unsaturated/α-hetero) is 1. The fourth-order valence-corrected chi connectivity index (χ4v) is 4.42. The van der Waals surface area contributed by atoms with Gasteiger partial charge in [0.05, 0.1) is 13.0 Å². The highest BCUT2D eigenvalue weighted by atomic mass is 16.5. The zero-order chi connectivity index (χ0) is 24.4. The zero-order valence-corrected chi connectivity index (χ0v) is 20.3. The SMILES string of the molecule is CC(=O)N[C@@H](Cc1ccccc1)C(=O)NCC(=O)CCC(=O)O[C@@H]1C[C@H](C)CCC1C(C)C. The maximum Gasteiger partial charge on any atom is 0.306 e. The molecule has 4 atom stereocenters. The van der Waals surface area contributed by atoms with E-state index in [-0.39, 0.29) is 43.2 Å². The van der Waals surface area contributed by atoms with E-state index in [0.717, 1.165) is 24.8 Å². The number of amides is 2. The van der Waals surface area contributed by atoms with Crippen LogP contribution >= 0.6 is 0 Å². The topological polar surface area (TPSA) is 102 Å². The van der Waals surface area contributed by atoms with E-state index in [9.17, 15) is 19.2 Å². The smallest absolute Gasteiger partial charge is 0.306 e. The van der Waals surface area contributed by atoms with E-state index in [1.165, 1.54) is 6.92 Å². The Labute approximate surface area is 197 Å². The monoisotopic (exact) mass is 458 g/mol. The van der Waals surface area contributed by atoms with E-state index in [2.05, 4.69) is 31.4 Å². The normalized spacial score (nSPS) is 21.2. The van der Waals surface area contributed by atoms with Crippen LogP contribution in [0.3, 0.4) is 0 Å². The maximum absolute atomic E-state index is 12.5. The van der Waals surface area contributed by atoms with Crippen LogP contribution in [0.1, 0.15) is 65.4 Å².